The minimum atomic E-state index is -3.69. The molecular weight excluding hydrogens is 314 g/mol. The molecule has 0 radical (unpaired) electrons. The van der Waals surface area contributed by atoms with E-state index in [9.17, 15) is 13.5 Å². The molecule has 1 saturated carbocycles. The van der Waals surface area contributed by atoms with Crippen molar-refractivity contribution in [1.82, 2.24) is 4.72 Å². The zero-order valence-corrected chi connectivity index (χ0v) is 14.1. The van der Waals surface area contributed by atoms with Crippen LogP contribution in [0.4, 0.5) is 0 Å². The van der Waals surface area contributed by atoms with E-state index in [2.05, 4.69) is 4.72 Å². The van der Waals surface area contributed by atoms with Crippen molar-refractivity contribution >= 4 is 10.0 Å². The first-order chi connectivity index (χ1) is 10.8. The van der Waals surface area contributed by atoms with Crippen molar-refractivity contribution in [3.05, 3.63) is 53.5 Å². The molecule has 1 unspecified atom stereocenters. The number of hydrogen-bond acceptors (Lipinski definition) is 4. The van der Waals surface area contributed by atoms with Crippen LogP contribution in [0, 0.1) is 19.8 Å². The number of hydrogen-bond donors (Lipinski definition) is 2. The van der Waals surface area contributed by atoms with Crippen LogP contribution < -0.4 is 4.72 Å². The Kier molecular flexibility index (Phi) is 4.08. The summed E-state index contributed by atoms with van der Waals surface area (Å²) in [5, 5.41) is 10.9. The Morgan fingerprint density at radius 2 is 2.04 bits per heavy atom. The lowest BCUT2D eigenvalue weighted by molar-refractivity contribution is -0.00224. The molecule has 2 N–H and O–H groups in total. The molecule has 1 heterocycles. The van der Waals surface area contributed by atoms with E-state index < -0.39 is 15.6 Å². The third kappa shape index (κ3) is 3.20. The number of aryl methyl sites for hydroxylation is 2. The number of sulfonamides is 1. The van der Waals surface area contributed by atoms with Gasteiger partial charge in [0.1, 0.15) is 11.4 Å². The van der Waals surface area contributed by atoms with Crippen LogP contribution in [-0.4, -0.2) is 20.1 Å². The lowest BCUT2D eigenvalue weighted by Gasteiger charge is -2.26. The molecule has 5 nitrogen and oxygen atoms in total. The topological polar surface area (TPSA) is 79.5 Å². The molecule has 3 rings (SSSR count). The summed E-state index contributed by atoms with van der Waals surface area (Å²) in [4.78, 5) is 0.237. The number of aliphatic hydroxyl groups is 1. The van der Waals surface area contributed by atoms with Gasteiger partial charge >= 0.3 is 0 Å². The van der Waals surface area contributed by atoms with E-state index in [1.165, 1.54) is 6.26 Å². The van der Waals surface area contributed by atoms with Crippen molar-refractivity contribution in [2.24, 2.45) is 5.92 Å². The normalized spacial score (nSPS) is 17.9. The number of rotatable bonds is 6. The standard InChI is InChI=1S/C17H21NO4S/c1-12-5-8-15(13(2)10-12)23(20,21)18-11-17(19,14-6-7-14)16-4-3-9-22-16/h3-5,8-10,14,18-19H,6-7,11H2,1-2H3. The Hall–Kier alpha value is -1.63. The fourth-order valence-electron chi connectivity index (χ4n) is 2.90. The summed E-state index contributed by atoms with van der Waals surface area (Å²) >= 11 is 0. The van der Waals surface area contributed by atoms with Gasteiger partial charge in [0.2, 0.25) is 10.0 Å². The molecule has 23 heavy (non-hydrogen) atoms. The largest absolute Gasteiger partial charge is 0.466 e. The van der Waals surface area contributed by atoms with Gasteiger partial charge < -0.3 is 9.52 Å². The monoisotopic (exact) mass is 335 g/mol. The highest BCUT2D eigenvalue weighted by Crippen LogP contribution is 2.45. The molecule has 1 aliphatic carbocycles. The maximum atomic E-state index is 12.6. The summed E-state index contributed by atoms with van der Waals surface area (Å²) < 4.78 is 33.0. The average molecular weight is 335 g/mol. The molecule has 1 atom stereocenters. The van der Waals surface area contributed by atoms with Crippen LogP contribution in [0.15, 0.2) is 45.9 Å². The summed E-state index contributed by atoms with van der Waals surface area (Å²) in [7, 11) is -3.69. The number of nitrogens with one attached hydrogen (secondary N) is 1. The minimum absolute atomic E-state index is 0.0236. The van der Waals surface area contributed by atoms with E-state index in [1.54, 1.807) is 31.2 Å². The van der Waals surface area contributed by atoms with E-state index in [4.69, 9.17) is 4.42 Å². The number of benzene rings is 1. The molecule has 2 aromatic rings. The Bertz CT molecular complexity index is 794. The molecule has 0 aliphatic heterocycles. The molecule has 1 aromatic heterocycles. The van der Waals surface area contributed by atoms with Crippen LogP contribution in [-0.2, 0) is 15.6 Å². The predicted octanol–water partition coefficient (Wildman–Crippen LogP) is 2.47. The fraction of sp³-hybridized carbons (Fsp3) is 0.412. The minimum Gasteiger partial charge on any atom is -0.466 e. The van der Waals surface area contributed by atoms with E-state index >= 15 is 0 Å². The lowest BCUT2D eigenvalue weighted by Crippen LogP contribution is -2.42. The highest BCUT2D eigenvalue weighted by atomic mass is 32.2. The van der Waals surface area contributed by atoms with Gasteiger partial charge in [0.15, 0.2) is 0 Å². The van der Waals surface area contributed by atoms with Crippen LogP contribution in [0.25, 0.3) is 0 Å². The van der Waals surface area contributed by atoms with Gasteiger partial charge in [0.25, 0.3) is 0 Å². The van der Waals surface area contributed by atoms with E-state index in [0.717, 1.165) is 18.4 Å². The summed E-state index contributed by atoms with van der Waals surface area (Å²) in [6.07, 6.45) is 3.21. The van der Waals surface area contributed by atoms with Gasteiger partial charge in [-0.15, -0.1) is 0 Å². The van der Waals surface area contributed by atoms with Crippen molar-refractivity contribution in [2.75, 3.05) is 6.54 Å². The van der Waals surface area contributed by atoms with Gasteiger partial charge in [0, 0.05) is 6.54 Å². The lowest BCUT2D eigenvalue weighted by atomic mass is 9.95. The Morgan fingerprint density at radius 3 is 2.61 bits per heavy atom. The van der Waals surface area contributed by atoms with Crippen LogP contribution >= 0.6 is 0 Å². The second kappa shape index (κ2) is 5.78. The molecule has 0 bridgehead atoms. The first-order valence-electron chi connectivity index (χ1n) is 7.66. The average Bonchev–Trinajstić information content (AvgIpc) is 3.20. The van der Waals surface area contributed by atoms with Gasteiger partial charge in [-0.1, -0.05) is 17.7 Å². The Labute approximate surface area is 136 Å². The van der Waals surface area contributed by atoms with Gasteiger partial charge in [0.05, 0.1) is 11.2 Å². The first kappa shape index (κ1) is 16.2. The molecule has 1 fully saturated rings. The molecule has 0 saturated heterocycles. The molecule has 1 aliphatic rings. The molecule has 1 aromatic carbocycles. The van der Waals surface area contributed by atoms with Crippen molar-refractivity contribution < 1.29 is 17.9 Å². The quantitative estimate of drug-likeness (QED) is 0.850. The summed E-state index contributed by atoms with van der Waals surface area (Å²) in [6.45, 7) is 3.58. The SMILES string of the molecule is Cc1ccc(S(=O)(=O)NCC(O)(c2ccco2)C2CC2)c(C)c1. The van der Waals surface area contributed by atoms with Gasteiger partial charge in [-0.2, -0.15) is 0 Å². The zero-order valence-electron chi connectivity index (χ0n) is 13.2. The summed E-state index contributed by atoms with van der Waals surface area (Å²) in [5.74, 6) is 0.429. The third-order valence-electron chi connectivity index (χ3n) is 4.35. The fourth-order valence-corrected chi connectivity index (χ4v) is 4.20. The highest BCUT2D eigenvalue weighted by molar-refractivity contribution is 7.89. The zero-order chi connectivity index (χ0) is 16.7. The maximum Gasteiger partial charge on any atom is 0.240 e. The third-order valence-corrected chi connectivity index (χ3v) is 5.91. The molecule has 0 spiro atoms. The summed E-state index contributed by atoms with van der Waals surface area (Å²) in [5.41, 5.74) is 0.395. The van der Waals surface area contributed by atoms with Crippen molar-refractivity contribution in [3.8, 4) is 0 Å². The van der Waals surface area contributed by atoms with Crippen LogP contribution in [0.2, 0.25) is 0 Å². The van der Waals surface area contributed by atoms with Crippen LogP contribution in [0.1, 0.15) is 29.7 Å². The highest BCUT2D eigenvalue weighted by Gasteiger charge is 2.47. The number of furan rings is 1. The molecular formula is C17H21NO4S. The predicted molar refractivity (Wildman–Crippen MR) is 86.4 cm³/mol. The van der Waals surface area contributed by atoms with Gasteiger partial charge in [-0.25, -0.2) is 13.1 Å². The maximum absolute atomic E-state index is 12.6. The Balaban J connectivity index is 1.83. The smallest absolute Gasteiger partial charge is 0.240 e. The molecule has 0 amide bonds. The van der Waals surface area contributed by atoms with Crippen LogP contribution in [0.5, 0.6) is 0 Å². The first-order valence-corrected chi connectivity index (χ1v) is 9.14. The molecule has 6 heteroatoms. The second-order valence-corrected chi connectivity index (χ2v) is 8.00. The Morgan fingerprint density at radius 1 is 1.30 bits per heavy atom. The van der Waals surface area contributed by atoms with Crippen molar-refractivity contribution in [1.29, 1.82) is 0 Å². The molecule has 124 valence electrons. The van der Waals surface area contributed by atoms with Crippen molar-refractivity contribution in [2.45, 2.75) is 37.2 Å². The summed E-state index contributed by atoms with van der Waals surface area (Å²) in [6, 6.07) is 8.57. The van der Waals surface area contributed by atoms with Crippen LogP contribution in [0.3, 0.4) is 0 Å². The van der Waals surface area contributed by atoms with E-state index in [-0.39, 0.29) is 17.4 Å². The van der Waals surface area contributed by atoms with E-state index in [1.807, 2.05) is 13.0 Å². The van der Waals surface area contributed by atoms with Gasteiger partial charge in [-0.3, -0.25) is 0 Å². The van der Waals surface area contributed by atoms with Gasteiger partial charge in [-0.05, 0) is 56.4 Å². The second-order valence-electron chi connectivity index (χ2n) is 6.27. The van der Waals surface area contributed by atoms with E-state index in [0.29, 0.717) is 11.3 Å². The van der Waals surface area contributed by atoms with Crippen molar-refractivity contribution in [3.63, 3.8) is 0 Å².